The molecule has 120 valence electrons. The average molecular weight is 321 g/mol. The predicted octanol–water partition coefficient (Wildman–Crippen LogP) is 2.89. The summed E-state index contributed by atoms with van der Waals surface area (Å²) < 4.78 is 23.7. The summed E-state index contributed by atoms with van der Waals surface area (Å²) in [7, 11) is 0. The van der Waals surface area contributed by atoms with E-state index >= 15 is 0 Å². The van der Waals surface area contributed by atoms with Crippen molar-refractivity contribution in [3.63, 3.8) is 0 Å². The highest BCUT2D eigenvalue weighted by Crippen LogP contribution is 2.24. The Morgan fingerprint density at radius 3 is 2.39 bits per heavy atom. The number of non-ortho nitro benzene ring substituents is 1. The number of nitro benzene ring substituents is 1. The Labute approximate surface area is 130 Å². The summed E-state index contributed by atoms with van der Waals surface area (Å²) in [6.07, 6.45) is 0. The zero-order chi connectivity index (χ0) is 16.8. The molecule has 2 rings (SSSR count). The fourth-order valence-corrected chi connectivity index (χ4v) is 1.79. The molecule has 1 N–H and O–H groups in total. The van der Waals surface area contributed by atoms with Crippen molar-refractivity contribution in [2.75, 3.05) is 13.2 Å². The van der Waals surface area contributed by atoms with E-state index in [2.05, 4.69) is 0 Å². The highest BCUT2D eigenvalue weighted by molar-refractivity contribution is 5.91. The molecule has 0 aliphatic carbocycles. The monoisotopic (exact) mass is 321 g/mol. The zero-order valence-corrected chi connectivity index (χ0v) is 11.8. The highest BCUT2D eigenvalue weighted by Gasteiger charge is 2.17. The second-order valence-corrected chi connectivity index (χ2v) is 4.37. The van der Waals surface area contributed by atoms with Crippen LogP contribution >= 0.6 is 0 Å². The lowest BCUT2D eigenvalue weighted by molar-refractivity contribution is -0.384. The maximum Gasteiger partial charge on any atom is 0.339 e. The van der Waals surface area contributed by atoms with Crippen molar-refractivity contribution in [2.45, 2.75) is 0 Å². The molecule has 0 aliphatic heterocycles. The van der Waals surface area contributed by atoms with Gasteiger partial charge in [-0.1, -0.05) is 12.1 Å². The number of rotatable bonds is 7. The van der Waals surface area contributed by atoms with E-state index in [0.717, 1.165) is 12.1 Å². The second-order valence-electron chi connectivity index (χ2n) is 4.37. The Kier molecular flexibility index (Phi) is 5.08. The number of carbonyl (C=O) groups is 1. The summed E-state index contributed by atoms with van der Waals surface area (Å²) in [6.45, 7) is -0.0661. The van der Waals surface area contributed by atoms with Crippen molar-refractivity contribution in [1.29, 1.82) is 0 Å². The van der Waals surface area contributed by atoms with Gasteiger partial charge in [0.15, 0.2) is 11.6 Å². The largest absolute Gasteiger partial charge is 0.489 e. The number of nitro groups is 1. The summed E-state index contributed by atoms with van der Waals surface area (Å²) >= 11 is 0. The lowest BCUT2D eigenvalue weighted by atomic mass is 10.2. The number of halogens is 1. The van der Waals surface area contributed by atoms with Gasteiger partial charge in [-0.3, -0.25) is 10.1 Å². The van der Waals surface area contributed by atoms with Crippen LogP contribution in [0.4, 0.5) is 10.1 Å². The molecule has 0 bridgehead atoms. The first-order valence-corrected chi connectivity index (χ1v) is 6.51. The number of aromatic carboxylic acids is 1. The average Bonchev–Trinajstić information content (AvgIpc) is 2.52. The number of ether oxygens (including phenoxy) is 2. The van der Waals surface area contributed by atoms with E-state index in [1.807, 2.05) is 0 Å². The molecule has 0 unspecified atom stereocenters. The fraction of sp³-hybridized carbons (Fsp3) is 0.133. The standard InChI is InChI=1S/C15H12FNO6/c16-12-3-1-2-4-14(12)23-8-7-22-13-6-5-10(17(20)21)9-11(13)15(18)19/h1-6,9H,7-8H2,(H,18,19). The van der Waals surface area contributed by atoms with Crippen molar-refractivity contribution in [1.82, 2.24) is 0 Å². The molecule has 8 heteroatoms. The molecule has 7 nitrogen and oxygen atoms in total. The maximum atomic E-state index is 13.3. The predicted molar refractivity (Wildman–Crippen MR) is 77.4 cm³/mol. The third-order valence-electron chi connectivity index (χ3n) is 2.84. The smallest absolute Gasteiger partial charge is 0.339 e. The molecule has 0 saturated heterocycles. The lowest BCUT2D eigenvalue weighted by Gasteiger charge is -2.10. The van der Waals surface area contributed by atoms with Crippen molar-refractivity contribution in [3.8, 4) is 11.5 Å². The molecular weight excluding hydrogens is 309 g/mol. The van der Waals surface area contributed by atoms with Crippen LogP contribution in [-0.2, 0) is 0 Å². The van der Waals surface area contributed by atoms with Gasteiger partial charge in [0.25, 0.3) is 5.69 Å². The molecule has 0 amide bonds. The summed E-state index contributed by atoms with van der Waals surface area (Å²) in [5.74, 6) is -1.84. The fourth-order valence-electron chi connectivity index (χ4n) is 1.79. The minimum atomic E-state index is -1.35. The van der Waals surface area contributed by atoms with Gasteiger partial charge in [0.1, 0.15) is 24.5 Å². The Bertz CT molecular complexity index is 734. The van der Waals surface area contributed by atoms with Crippen LogP contribution in [0.5, 0.6) is 11.5 Å². The number of hydrogen-bond donors (Lipinski definition) is 1. The maximum absolute atomic E-state index is 13.3. The van der Waals surface area contributed by atoms with Gasteiger partial charge in [-0.25, -0.2) is 9.18 Å². The normalized spacial score (nSPS) is 10.1. The van der Waals surface area contributed by atoms with Crippen LogP contribution in [0.15, 0.2) is 42.5 Å². The van der Waals surface area contributed by atoms with Crippen molar-refractivity contribution >= 4 is 11.7 Å². The van der Waals surface area contributed by atoms with Gasteiger partial charge < -0.3 is 14.6 Å². The van der Waals surface area contributed by atoms with Crippen LogP contribution in [-0.4, -0.2) is 29.2 Å². The summed E-state index contributed by atoms with van der Waals surface area (Å²) in [5, 5.41) is 19.7. The Balaban J connectivity index is 1.99. The molecule has 2 aromatic carbocycles. The third kappa shape index (κ3) is 4.16. The van der Waals surface area contributed by atoms with Gasteiger partial charge in [-0.05, 0) is 18.2 Å². The van der Waals surface area contributed by atoms with Crippen molar-refractivity contribution in [2.24, 2.45) is 0 Å². The van der Waals surface area contributed by atoms with Crippen LogP contribution in [0.25, 0.3) is 0 Å². The van der Waals surface area contributed by atoms with Crippen LogP contribution in [0.2, 0.25) is 0 Å². The topological polar surface area (TPSA) is 98.9 Å². The van der Waals surface area contributed by atoms with Crippen LogP contribution < -0.4 is 9.47 Å². The number of nitrogens with zero attached hydrogens (tertiary/aromatic N) is 1. The molecule has 0 fully saturated rings. The van der Waals surface area contributed by atoms with Crippen LogP contribution in [0, 0.1) is 15.9 Å². The van der Waals surface area contributed by atoms with Gasteiger partial charge in [-0.2, -0.15) is 0 Å². The molecule has 0 aliphatic rings. The van der Waals surface area contributed by atoms with E-state index in [1.165, 1.54) is 24.3 Å². The Morgan fingerprint density at radius 2 is 1.78 bits per heavy atom. The van der Waals surface area contributed by atoms with Gasteiger partial charge in [0.05, 0.1) is 4.92 Å². The third-order valence-corrected chi connectivity index (χ3v) is 2.84. The first-order valence-electron chi connectivity index (χ1n) is 6.51. The second kappa shape index (κ2) is 7.21. The molecule has 0 spiro atoms. The van der Waals surface area contributed by atoms with E-state index in [-0.39, 0.29) is 36.0 Å². The van der Waals surface area contributed by atoms with E-state index in [4.69, 9.17) is 14.6 Å². The van der Waals surface area contributed by atoms with E-state index in [9.17, 15) is 19.3 Å². The quantitative estimate of drug-likeness (QED) is 0.478. The molecule has 0 aromatic heterocycles. The molecule has 0 saturated carbocycles. The van der Waals surface area contributed by atoms with Crippen LogP contribution in [0.3, 0.4) is 0 Å². The number of hydrogen-bond acceptors (Lipinski definition) is 5. The highest BCUT2D eigenvalue weighted by atomic mass is 19.1. The van der Waals surface area contributed by atoms with Crippen molar-refractivity contribution < 1.29 is 28.7 Å². The number of benzene rings is 2. The first-order chi connectivity index (χ1) is 11.0. The summed E-state index contributed by atoms with van der Waals surface area (Å²) in [5.41, 5.74) is -0.678. The first kappa shape index (κ1) is 16.2. The summed E-state index contributed by atoms with van der Waals surface area (Å²) in [6, 6.07) is 9.07. The molecule has 23 heavy (non-hydrogen) atoms. The van der Waals surface area contributed by atoms with E-state index in [0.29, 0.717) is 0 Å². The summed E-state index contributed by atoms with van der Waals surface area (Å²) in [4.78, 5) is 21.1. The van der Waals surface area contributed by atoms with Gasteiger partial charge in [0, 0.05) is 12.1 Å². The Morgan fingerprint density at radius 1 is 1.13 bits per heavy atom. The molecule has 0 heterocycles. The van der Waals surface area contributed by atoms with Crippen LogP contribution in [0.1, 0.15) is 10.4 Å². The SMILES string of the molecule is O=C(O)c1cc([N+](=O)[O-])ccc1OCCOc1ccccc1F. The van der Waals surface area contributed by atoms with Crippen molar-refractivity contribution in [3.05, 3.63) is 64.0 Å². The zero-order valence-electron chi connectivity index (χ0n) is 11.8. The lowest BCUT2D eigenvalue weighted by Crippen LogP contribution is -2.12. The molecule has 0 radical (unpaired) electrons. The molecule has 2 aromatic rings. The van der Waals surface area contributed by atoms with Gasteiger partial charge >= 0.3 is 5.97 Å². The van der Waals surface area contributed by atoms with E-state index in [1.54, 1.807) is 6.07 Å². The van der Waals surface area contributed by atoms with E-state index < -0.39 is 16.7 Å². The molecule has 0 atom stereocenters. The minimum absolute atomic E-state index is 0.0169. The number of carboxylic acids is 1. The van der Waals surface area contributed by atoms with Gasteiger partial charge in [-0.15, -0.1) is 0 Å². The number of para-hydroxylation sites is 1. The minimum Gasteiger partial charge on any atom is -0.489 e. The van der Waals surface area contributed by atoms with Gasteiger partial charge in [0.2, 0.25) is 0 Å². The number of carboxylic acid groups (broad SMARTS) is 1. The molecular formula is C15H12FNO6. The Hall–Kier alpha value is -3.16.